The largest absolute Gasteiger partial charge is 0.416 e. The van der Waals surface area contributed by atoms with Crippen molar-refractivity contribution in [2.24, 2.45) is 0 Å². The molecular formula is C21H23F3. The first kappa shape index (κ1) is 18.3. The molecule has 0 nitrogen and oxygen atoms in total. The second-order valence-electron chi connectivity index (χ2n) is 6.07. The molecule has 0 radical (unpaired) electrons. The Hall–Kier alpha value is -2.03. The molecule has 0 aliphatic rings. The van der Waals surface area contributed by atoms with E-state index in [-0.39, 0.29) is 0 Å². The lowest BCUT2D eigenvalue weighted by Crippen LogP contribution is -2.04. The first-order valence-corrected chi connectivity index (χ1v) is 8.32. The van der Waals surface area contributed by atoms with E-state index in [1.165, 1.54) is 23.3 Å². The maximum absolute atomic E-state index is 12.6. The summed E-state index contributed by atoms with van der Waals surface area (Å²) in [7, 11) is 0. The molecule has 0 saturated carbocycles. The van der Waals surface area contributed by atoms with Gasteiger partial charge in [0.05, 0.1) is 5.56 Å². The third-order valence-corrected chi connectivity index (χ3v) is 4.11. The Morgan fingerprint density at radius 2 is 1.42 bits per heavy atom. The number of aryl methyl sites for hydroxylation is 2. The summed E-state index contributed by atoms with van der Waals surface area (Å²) in [4.78, 5) is 0. The highest BCUT2D eigenvalue weighted by Crippen LogP contribution is 2.30. The lowest BCUT2D eigenvalue weighted by Gasteiger charge is -2.08. The number of allylic oxidation sites excluding steroid dienone is 2. The molecule has 2 rings (SSSR count). The van der Waals surface area contributed by atoms with E-state index in [1.807, 2.05) is 6.92 Å². The summed E-state index contributed by atoms with van der Waals surface area (Å²) in [6.07, 6.45) is 1.87. The van der Waals surface area contributed by atoms with Crippen LogP contribution in [0.15, 0.2) is 54.6 Å². The Kier molecular flexibility index (Phi) is 6.24. The van der Waals surface area contributed by atoms with Crippen LogP contribution in [0.3, 0.4) is 0 Å². The molecule has 0 atom stereocenters. The van der Waals surface area contributed by atoms with Gasteiger partial charge in [-0.1, -0.05) is 55.8 Å². The van der Waals surface area contributed by atoms with Gasteiger partial charge in [0.25, 0.3) is 0 Å². The Morgan fingerprint density at radius 1 is 0.875 bits per heavy atom. The van der Waals surface area contributed by atoms with Crippen LogP contribution in [0.4, 0.5) is 13.2 Å². The molecule has 0 aliphatic heterocycles. The molecule has 0 N–H and O–H groups in total. The average molecular weight is 332 g/mol. The third-order valence-electron chi connectivity index (χ3n) is 4.11. The van der Waals surface area contributed by atoms with E-state index < -0.39 is 11.7 Å². The van der Waals surface area contributed by atoms with Crippen molar-refractivity contribution in [3.8, 4) is 0 Å². The Bertz CT molecular complexity index is 662. The Labute approximate surface area is 142 Å². The van der Waals surface area contributed by atoms with E-state index in [2.05, 4.69) is 37.3 Å². The van der Waals surface area contributed by atoms with Gasteiger partial charge in [-0.2, -0.15) is 13.2 Å². The maximum Gasteiger partial charge on any atom is 0.416 e. The molecule has 0 aromatic heterocycles. The van der Waals surface area contributed by atoms with Gasteiger partial charge < -0.3 is 0 Å². The monoisotopic (exact) mass is 332 g/mol. The van der Waals surface area contributed by atoms with Crippen LogP contribution < -0.4 is 0 Å². The van der Waals surface area contributed by atoms with Crippen LogP contribution in [0.5, 0.6) is 0 Å². The van der Waals surface area contributed by atoms with Crippen molar-refractivity contribution in [1.29, 1.82) is 0 Å². The van der Waals surface area contributed by atoms with Crippen LogP contribution in [0.25, 0.3) is 5.57 Å². The molecule has 0 bridgehead atoms. The number of alkyl halides is 3. The lowest BCUT2D eigenvalue weighted by molar-refractivity contribution is -0.137. The van der Waals surface area contributed by atoms with Gasteiger partial charge in [-0.3, -0.25) is 0 Å². The van der Waals surface area contributed by atoms with Gasteiger partial charge in [-0.05, 0) is 60.6 Å². The number of halogens is 3. The molecule has 0 aliphatic carbocycles. The predicted octanol–water partition coefficient (Wildman–Crippen LogP) is 6.69. The zero-order valence-corrected chi connectivity index (χ0v) is 14.2. The first-order valence-electron chi connectivity index (χ1n) is 8.32. The fourth-order valence-corrected chi connectivity index (χ4v) is 2.66. The third kappa shape index (κ3) is 5.26. The molecular weight excluding hydrogens is 309 g/mol. The summed E-state index contributed by atoms with van der Waals surface area (Å²) in [6.45, 7) is 4.11. The van der Waals surface area contributed by atoms with Gasteiger partial charge >= 0.3 is 6.18 Å². The molecule has 0 spiro atoms. The molecule has 24 heavy (non-hydrogen) atoms. The van der Waals surface area contributed by atoms with Gasteiger partial charge in [0.15, 0.2) is 0 Å². The summed E-state index contributed by atoms with van der Waals surface area (Å²) in [5.74, 6) is 0. The normalized spacial score (nSPS) is 12.5. The molecule has 0 heterocycles. The van der Waals surface area contributed by atoms with Gasteiger partial charge in [0.1, 0.15) is 0 Å². The molecule has 2 aromatic rings. The molecule has 128 valence electrons. The van der Waals surface area contributed by atoms with Crippen molar-refractivity contribution < 1.29 is 13.2 Å². The standard InChI is InChI=1S/C21H23F3/c1-3-5-17-8-10-18(11-9-17)7-4-6-16(2)19-12-14-20(15-13-19)21(22,23)24/h6,8-15H,3-5,7H2,1-2H3/b16-6+. The predicted molar refractivity (Wildman–Crippen MR) is 93.9 cm³/mol. The number of benzene rings is 2. The average Bonchev–Trinajstić information content (AvgIpc) is 2.56. The number of hydrogen-bond donors (Lipinski definition) is 0. The van der Waals surface area contributed by atoms with Crippen molar-refractivity contribution in [2.75, 3.05) is 0 Å². The Morgan fingerprint density at radius 3 is 1.92 bits per heavy atom. The van der Waals surface area contributed by atoms with Crippen LogP contribution >= 0.6 is 0 Å². The van der Waals surface area contributed by atoms with Crippen LogP contribution in [0.2, 0.25) is 0 Å². The summed E-state index contributed by atoms with van der Waals surface area (Å²) >= 11 is 0. The van der Waals surface area contributed by atoms with Gasteiger partial charge in [-0.15, -0.1) is 0 Å². The van der Waals surface area contributed by atoms with Gasteiger partial charge in [0.2, 0.25) is 0 Å². The highest BCUT2D eigenvalue weighted by Gasteiger charge is 2.29. The van der Waals surface area contributed by atoms with Crippen molar-refractivity contribution in [2.45, 2.75) is 45.7 Å². The van der Waals surface area contributed by atoms with Crippen LogP contribution in [-0.4, -0.2) is 0 Å². The molecule has 3 heteroatoms. The second kappa shape index (κ2) is 8.18. The highest BCUT2D eigenvalue weighted by atomic mass is 19.4. The van der Waals surface area contributed by atoms with E-state index >= 15 is 0 Å². The molecule has 0 amide bonds. The smallest absolute Gasteiger partial charge is 0.166 e. The number of hydrogen-bond acceptors (Lipinski definition) is 0. The summed E-state index contributed by atoms with van der Waals surface area (Å²) in [5, 5.41) is 0. The minimum Gasteiger partial charge on any atom is -0.166 e. The zero-order chi connectivity index (χ0) is 17.6. The fourth-order valence-electron chi connectivity index (χ4n) is 2.66. The van der Waals surface area contributed by atoms with E-state index in [0.29, 0.717) is 0 Å². The maximum atomic E-state index is 12.6. The molecule has 0 fully saturated rings. The second-order valence-corrected chi connectivity index (χ2v) is 6.07. The topological polar surface area (TPSA) is 0 Å². The first-order chi connectivity index (χ1) is 11.4. The van der Waals surface area contributed by atoms with Crippen molar-refractivity contribution in [3.05, 3.63) is 76.9 Å². The molecule has 0 saturated heterocycles. The molecule has 0 unspecified atom stereocenters. The van der Waals surface area contributed by atoms with Crippen LogP contribution in [0.1, 0.15) is 48.9 Å². The fraction of sp³-hybridized carbons (Fsp3) is 0.333. The summed E-state index contributed by atoms with van der Waals surface area (Å²) < 4.78 is 37.7. The van der Waals surface area contributed by atoms with Crippen molar-refractivity contribution >= 4 is 5.57 Å². The van der Waals surface area contributed by atoms with E-state index in [9.17, 15) is 13.2 Å². The minimum absolute atomic E-state index is 0.605. The van der Waals surface area contributed by atoms with Gasteiger partial charge in [-0.25, -0.2) is 0 Å². The van der Waals surface area contributed by atoms with Crippen LogP contribution in [0, 0.1) is 0 Å². The van der Waals surface area contributed by atoms with E-state index in [1.54, 1.807) is 0 Å². The summed E-state index contributed by atoms with van der Waals surface area (Å²) in [6, 6.07) is 14.0. The van der Waals surface area contributed by atoms with Crippen molar-refractivity contribution in [3.63, 3.8) is 0 Å². The molecule has 2 aromatic carbocycles. The van der Waals surface area contributed by atoms with Crippen LogP contribution in [-0.2, 0) is 19.0 Å². The summed E-state index contributed by atoms with van der Waals surface area (Å²) in [5.41, 5.74) is 3.88. The highest BCUT2D eigenvalue weighted by molar-refractivity contribution is 5.63. The quantitative estimate of drug-likeness (QED) is 0.552. The SMILES string of the molecule is CCCc1ccc(CC/C=C(\C)c2ccc(C(F)(F)F)cc2)cc1. The number of rotatable bonds is 6. The minimum atomic E-state index is -4.28. The lowest BCUT2D eigenvalue weighted by atomic mass is 10.0. The van der Waals surface area contributed by atoms with E-state index in [4.69, 9.17) is 0 Å². The zero-order valence-electron chi connectivity index (χ0n) is 14.2. The van der Waals surface area contributed by atoms with Crippen molar-refractivity contribution in [1.82, 2.24) is 0 Å². The Balaban J connectivity index is 1.93. The van der Waals surface area contributed by atoms with E-state index in [0.717, 1.165) is 49.0 Å². The van der Waals surface area contributed by atoms with Gasteiger partial charge in [0, 0.05) is 0 Å².